The third-order valence-electron chi connectivity index (χ3n) is 6.25. The molecule has 0 amide bonds. The van der Waals surface area contributed by atoms with E-state index in [4.69, 9.17) is 4.74 Å². The number of carboxylic acids is 1. The van der Waals surface area contributed by atoms with Gasteiger partial charge in [-0.25, -0.2) is 4.79 Å². The second-order valence-electron chi connectivity index (χ2n) is 9.55. The van der Waals surface area contributed by atoms with E-state index in [0.717, 1.165) is 51.8 Å². The van der Waals surface area contributed by atoms with Gasteiger partial charge in [-0.3, -0.25) is 0 Å². The number of carboxylic acid groups (broad SMARTS) is 1. The van der Waals surface area contributed by atoms with Crippen molar-refractivity contribution in [3.8, 4) is 16.9 Å². The van der Waals surface area contributed by atoms with Crippen molar-refractivity contribution >= 4 is 22.4 Å². The number of benzene rings is 2. The van der Waals surface area contributed by atoms with Crippen LogP contribution in [0.4, 0.5) is 0 Å². The van der Waals surface area contributed by atoms with Crippen LogP contribution in [0.5, 0.6) is 5.75 Å². The van der Waals surface area contributed by atoms with Crippen LogP contribution in [0, 0.1) is 0 Å². The Kier molecular flexibility index (Phi) is 7.68. The highest BCUT2D eigenvalue weighted by molar-refractivity contribution is 6.00. The Morgan fingerprint density at radius 1 is 1.09 bits per heavy atom. The van der Waals surface area contributed by atoms with Crippen molar-refractivity contribution in [3.63, 3.8) is 0 Å². The lowest BCUT2D eigenvalue weighted by molar-refractivity contribution is -0.131. The monoisotopic (exact) mass is 447 g/mol. The van der Waals surface area contributed by atoms with Crippen molar-refractivity contribution in [2.24, 2.45) is 7.05 Å². The molecule has 33 heavy (non-hydrogen) atoms. The molecule has 0 fully saturated rings. The van der Waals surface area contributed by atoms with Crippen LogP contribution in [-0.2, 0) is 11.8 Å². The first-order chi connectivity index (χ1) is 15.6. The number of allylic oxidation sites excluding steroid dienone is 1. The summed E-state index contributed by atoms with van der Waals surface area (Å²) in [6.07, 6.45) is 5.53. The average molecular weight is 448 g/mol. The fourth-order valence-corrected chi connectivity index (χ4v) is 4.24. The van der Waals surface area contributed by atoms with Gasteiger partial charge in [0.25, 0.3) is 0 Å². The zero-order valence-corrected chi connectivity index (χ0v) is 21.0. The van der Waals surface area contributed by atoms with Crippen LogP contribution in [0.25, 0.3) is 27.6 Å². The molecule has 3 rings (SSSR count). The predicted molar refractivity (Wildman–Crippen MR) is 138 cm³/mol. The van der Waals surface area contributed by atoms with Crippen molar-refractivity contribution in [2.75, 3.05) is 6.61 Å². The number of nitrogens with zero attached hydrogens (tertiary/aromatic N) is 1. The number of rotatable bonds is 9. The lowest BCUT2D eigenvalue weighted by Gasteiger charge is -2.21. The third-order valence-corrected chi connectivity index (χ3v) is 6.25. The van der Waals surface area contributed by atoms with E-state index in [1.165, 1.54) is 17.2 Å². The molecule has 0 saturated heterocycles. The number of aryl methyl sites for hydroxylation is 1. The third kappa shape index (κ3) is 5.32. The van der Waals surface area contributed by atoms with Crippen LogP contribution in [0.3, 0.4) is 0 Å². The summed E-state index contributed by atoms with van der Waals surface area (Å²) < 4.78 is 8.59. The molecule has 0 bridgehead atoms. The van der Waals surface area contributed by atoms with Gasteiger partial charge < -0.3 is 14.4 Å². The molecule has 4 nitrogen and oxygen atoms in total. The summed E-state index contributed by atoms with van der Waals surface area (Å²) in [5.74, 6) is 0.778. The highest BCUT2D eigenvalue weighted by Crippen LogP contribution is 2.43. The molecule has 176 valence electrons. The maximum absolute atomic E-state index is 11.2. The molecule has 3 aromatic rings. The van der Waals surface area contributed by atoms with Crippen LogP contribution in [0.15, 0.2) is 42.6 Å². The van der Waals surface area contributed by atoms with E-state index in [0.29, 0.717) is 18.4 Å². The highest BCUT2D eigenvalue weighted by atomic mass is 16.5. The summed E-state index contributed by atoms with van der Waals surface area (Å²) in [5, 5.41) is 10.3. The molecule has 0 aliphatic heterocycles. The number of aliphatic carboxylic acids is 1. The zero-order valence-electron chi connectivity index (χ0n) is 21.0. The minimum absolute atomic E-state index is 0.338. The Morgan fingerprint density at radius 3 is 2.42 bits per heavy atom. The van der Waals surface area contributed by atoms with Crippen LogP contribution < -0.4 is 4.74 Å². The first-order valence-electron chi connectivity index (χ1n) is 12.0. The van der Waals surface area contributed by atoms with E-state index in [1.54, 1.807) is 0 Å². The molecule has 1 aromatic heterocycles. The summed E-state index contributed by atoms with van der Waals surface area (Å²) in [6, 6.07) is 10.7. The predicted octanol–water partition coefficient (Wildman–Crippen LogP) is 7.76. The van der Waals surface area contributed by atoms with E-state index in [1.807, 2.05) is 13.0 Å². The van der Waals surface area contributed by atoms with Gasteiger partial charge in [-0.1, -0.05) is 53.2 Å². The molecule has 1 N–H and O–H groups in total. The number of fused-ring (bicyclic) bond motifs is 1. The first kappa shape index (κ1) is 24.6. The van der Waals surface area contributed by atoms with E-state index in [2.05, 4.69) is 76.7 Å². The van der Waals surface area contributed by atoms with Crippen LogP contribution in [-0.4, -0.2) is 22.2 Å². The smallest absolute Gasteiger partial charge is 0.328 e. The maximum atomic E-state index is 11.2. The molecule has 0 radical (unpaired) electrons. The normalized spacial score (nSPS) is 12.2. The SMILES string of the molecule is CCCCOc1c(-c2cn(C)c3ccc(/C(C)=C\C(=O)O)cc23)cc(C(C)C)cc1C(C)C. The summed E-state index contributed by atoms with van der Waals surface area (Å²) in [7, 11) is 2.05. The summed E-state index contributed by atoms with van der Waals surface area (Å²) in [6.45, 7) is 13.6. The van der Waals surface area contributed by atoms with Gasteiger partial charge in [-0.05, 0) is 65.6 Å². The highest BCUT2D eigenvalue weighted by Gasteiger charge is 2.21. The fraction of sp³-hybridized carbons (Fsp3) is 0.414. The topological polar surface area (TPSA) is 51.5 Å². The maximum Gasteiger partial charge on any atom is 0.328 e. The molecule has 0 aliphatic carbocycles. The van der Waals surface area contributed by atoms with Crippen molar-refractivity contribution in [2.45, 2.75) is 66.2 Å². The van der Waals surface area contributed by atoms with Gasteiger partial charge in [-0.2, -0.15) is 0 Å². The number of carbonyl (C=O) groups is 1. The van der Waals surface area contributed by atoms with Gasteiger partial charge in [0.1, 0.15) is 5.75 Å². The van der Waals surface area contributed by atoms with Crippen molar-refractivity contribution in [1.82, 2.24) is 4.57 Å². The molecule has 0 atom stereocenters. The van der Waals surface area contributed by atoms with Gasteiger partial charge in [0.05, 0.1) is 6.61 Å². The van der Waals surface area contributed by atoms with Crippen LogP contribution in [0.1, 0.15) is 82.9 Å². The lowest BCUT2D eigenvalue weighted by Crippen LogP contribution is -2.05. The number of aromatic nitrogens is 1. The Morgan fingerprint density at radius 2 is 1.82 bits per heavy atom. The Balaban J connectivity index is 2.31. The standard InChI is InChI=1S/C29H37NO3/c1-8-9-12-33-29-23(19(4)5)15-22(18(2)3)16-25(29)26-17-30(7)27-11-10-21(14-24(26)27)20(6)13-28(31)32/h10-11,13-19H,8-9,12H2,1-7H3,(H,31,32)/b20-13-. The second kappa shape index (κ2) is 10.3. The molecular weight excluding hydrogens is 410 g/mol. The summed E-state index contributed by atoms with van der Waals surface area (Å²) in [4.78, 5) is 11.2. The molecule has 0 aliphatic rings. The Bertz CT molecular complexity index is 1180. The van der Waals surface area contributed by atoms with E-state index >= 15 is 0 Å². The number of ether oxygens (including phenoxy) is 1. The second-order valence-corrected chi connectivity index (χ2v) is 9.55. The Labute approximate surface area is 197 Å². The van der Waals surface area contributed by atoms with Crippen molar-refractivity contribution in [3.05, 3.63) is 59.3 Å². The lowest BCUT2D eigenvalue weighted by atomic mass is 9.89. The van der Waals surface area contributed by atoms with Gasteiger partial charge in [0, 0.05) is 41.4 Å². The minimum Gasteiger partial charge on any atom is -0.493 e. The van der Waals surface area contributed by atoms with Gasteiger partial charge in [0.15, 0.2) is 0 Å². The van der Waals surface area contributed by atoms with Crippen LogP contribution >= 0.6 is 0 Å². The van der Waals surface area contributed by atoms with Crippen molar-refractivity contribution < 1.29 is 14.6 Å². The largest absolute Gasteiger partial charge is 0.493 e. The molecule has 4 heteroatoms. The molecular formula is C29H37NO3. The zero-order chi connectivity index (χ0) is 24.3. The van der Waals surface area contributed by atoms with E-state index < -0.39 is 5.97 Å². The van der Waals surface area contributed by atoms with Crippen molar-refractivity contribution in [1.29, 1.82) is 0 Å². The van der Waals surface area contributed by atoms with Gasteiger partial charge in [0.2, 0.25) is 0 Å². The fourth-order valence-electron chi connectivity index (χ4n) is 4.24. The molecule has 0 saturated carbocycles. The number of hydrogen-bond donors (Lipinski definition) is 1. The number of unbranched alkanes of at least 4 members (excludes halogenated alkanes) is 1. The Hall–Kier alpha value is -3.01. The molecule has 0 unspecified atom stereocenters. The van der Waals surface area contributed by atoms with Gasteiger partial charge in [-0.15, -0.1) is 0 Å². The summed E-state index contributed by atoms with van der Waals surface area (Å²) >= 11 is 0. The summed E-state index contributed by atoms with van der Waals surface area (Å²) in [5.41, 5.74) is 7.52. The quantitative estimate of drug-likeness (QED) is 0.269. The average Bonchev–Trinajstić information content (AvgIpc) is 3.08. The molecule has 1 heterocycles. The molecule has 2 aromatic carbocycles. The minimum atomic E-state index is -0.932. The van der Waals surface area contributed by atoms with Crippen LogP contribution in [0.2, 0.25) is 0 Å². The van der Waals surface area contributed by atoms with E-state index in [9.17, 15) is 9.90 Å². The molecule has 0 spiro atoms. The van der Waals surface area contributed by atoms with E-state index in [-0.39, 0.29) is 0 Å². The number of hydrogen-bond acceptors (Lipinski definition) is 2. The van der Waals surface area contributed by atoms with Gasteiger partial charge >= 0.3 is 5.97 Å². The first-order valence-corrected chi connectivity index (χ1v) is 12.0.